The minimum atomic E-state index is -3.41. The summed E-state index contributed by atoms with van der Waals surface area (Å²) in [4.78, 5) is 15.6. The minimum absolute atomic E-state index is 0.0281. The Hall–Kier alpha value is -2.83. The molecule has 39 heavy (non-hydrogen) atoms. The number of rotatable bonds is 6. The normalized spacial score (nSPS) is 18.3. The molecule has 0 amide bonds. The number of nitrogens with zero attached hydrogens (tertiary/aromatic N) is 4. The lowest BCUT2D eigenvalue weighted by atomic mass is 9.90. The number of sulfonamides is 1. The molecule has 0 spiro atoms. The molecular weight excluding hydrogens is 594 g/mol. The predicted octanol–water partition coefficient (Wildman–Crippen LogP) is 4.07. The van der Waals surface area contributed by atoms with Crippen molar-refractivity contribution in [2.75, 3.05) is 31.1 Å². The van der Waals surface area contributed by atoms with Gasteiger partial charge in [0.05, 0.1) is 17.1 Å². The van der Waals surface area contributed by atoms with Crippen LogP contribution in [0.5, 0.6) is 5.75 Å². The second kappa shape index (κ2) is 11.0. The van der Waals surface area contributed by atoms with Crippen molar-refractivity contribution in [3.8, 4) is 11.4 Å². The second-order valence-corrected chi connectivity index (χ2v) is 13.5. The second-order valence-electron chi connectivity index (χ2n) is 10.1. The number of benzene rings is 2. The lowest BCUT2D eigenvalue weighted by Crippen LogP contribution is -2.50. The van der Waals surface area contributed by atoms with E-state index in [1.807, 2.05) is 17.0 Å². The fourth-order valence-corrected chi connectivity index (χ4v) is 6.73. The van der Waals surface area contributed by atoms with Crippen LogP contribution >= 0.6 is 15.9 Å². The van der Waals surface area contributed by atoms with Crippen molar-refractivity contribution in [3.63, 3.8) is 0 Å². The number of ether oxygens (including phenoxy) is 1. The van der Waals surface area contributed by atoms with Crippen molar-refractivity contribution in [1.82, 2.24) is 14.1 Å². The number of hydrogen-bond donors (Lipinski definition) is 0. The fraction of sp³-hybridized carbons (Fsp3) is 0.407. The van der Waals surface area contributed by atoms with Crippen molar-refractivity contribution in [2.24, 2.45) is 0 Å². The molecule has 12 heteroatoms. The standard InChI is InChI=1S/C27H29BrF2N4O4S/c1-17(2)39(36,37)33-9-7-32(8-10-33)25-16-31-34(23-14-21(29)13-22(30)15-23)27(35)26(25)38-24-6-4-18-11-20(28)5-3-19(18)12-24/h3,5,11,13-17,24H,4,6-10,12H2,1-2H3. The van der Waals surface area contributed by atoms with Gasteiger partial charge in [-0.15, -0.1) is 0 Å². The van der Waals surface area contributed by atoms with Crippen molar-refractivity contribution >= 4 is 31.6 Å². The van der Waals surface area contributed by atoms with Crippen LogP contribution in [0, 0.1) is 11.6 Å². The lowest BCUT2D eigenvalue weighted by Gasteiger charge is -2.37. The third-order valence-corrected chi connectivity index (χ3v) is 9.95. The Balaban J connectivity index is 1.49. The highest BCUT2D eigenvalue weighted by atomic mass is 79.9. The van der Waals surface area contributed by atoms with Gasteiger partial charge in [0, 0.05) is 43.1 Å². The highest BCUT2D eigenvalue weighted by Crippen LogP contribution is 2.31. The molecule has 1 aromatic heterocycles. The third kappa shape index (κ3) is 5.73. The predicted molar refractivity (Wildman–Crippen MR) is 148 cm³/mol. The average molecular weight is 624 g/mol. The summed E-state index contributed by atoms with van der Waals surface area (Å²) in [6, 6.07) is 8.87. The molecule has 1 fully saturated rings. The molecule has 1 atom stereocenters. The summed E-state index contributed by atoms with van der Waals surface area (Å²) in [5, 5.41) is 3.68. The van der Waals surface area contributed by atoms with Crippen LogP contribution in [0.3, 0.4) is 0 Å². The Kier molecular flexibility index (Phi) is 7.80. The molecule has 0 bridgehead atoms. The Morgan fingerprint density at radius 2 is 1.72 bits per heavy atom. The van der Waals surface area contributed by atoms with E-state index in [1.165, 1.54) is 16.1 Å². The van der Waals surface area contributed by atoms with Crippen molar-refractivity contribution < 1.29 is 21.9 Å². The van der Waals surface area contributed by atoms with Crippen molar-refractivity contribution in [1.29, 1.82) is 0 Å². The molecular formula is C27H29BrF2N4O4S. The Morgan fingerprint density at radius 3 is 2.38 bits per heavy atom. The van der Waals surface area contributed by atoms with Crippen LogP contribution < -0.4 is 15.2 Å². The monoisotopic (exact) mass is 622 g/mol. The van der Waals surface area contributed by atoms with Gasteiger partial charge in [0.1, 0.15) is 23.4 Å². The first-order valence-electron chi connectivity index (χ1n) is 12.8. The first-order chi connectivity index (χ1) is 18.5. The zero-order chi connectivity index (χ0) is 27.9. The van der Waals surface area contributed by atoms with E-state index in [9.17, 15) is 22.0 Å². The molecule has 0 saturated carbocycles. The molecule has 1 aliphatic heterocycles. The smallest absolute Gasteiger partial charge is 0.316 e. The summed E-state index contributed by atoms with van der Waals surface area (Å²) in [6.07, 6.45) is 3.20. The molecule has 8 nitrogen and oxygen atoms in total. The summed E-state index contributed by atoms with van der Waals surface area (Å²) < 4.78 is 63.0. The molecule has 2 aliphatic rings. The summed E-state index contributed by atoms with van der Waals surface area (Å²) in [5.41, 5.74) is 2.08. The minimum Gasteiger partial charge on any atom is -0.483 e. The van der Waals surface area contributed by atoms with Gasteiger partial charge in [-0.2, -0.15) is 14.1 Å². The number of hydrogen-bond acceptors (Lipinski definition) is 6. The number of halogens is 3. The van der Waals surface area contributed by atoms with E-state index in [0.717, 1.165) is 39.3 Å². The molecule has 0 radical (unpaired) electrons. The number of piperazine rings is 1. The fourth-order valence-electron chi connectivity index (χ4n) is 5.05. The number of aromatic nitrogens is 2. The third-order valence-electron chi connectivity index (χ3n) is 7.18. The maximum atomic E-state index is 14.0. The van der Waals surface area contributed by atoms with Crippen molar-refractivity contribution in [2.45, 2.75) is 44.5 Å². The number of anilines is 1. The first kappa shape index (κ1) is 27.7. The maximum absolute atomic E-state index is 14.0. The van der Waals surface area contributed by atoms with Gasteiger partial charge in [-0.1, -0.05) is 22.0 Å². The summed E-state index contributed by atoms with van der Waals surface area (Å²) in [5.74, 6) is -1.63. The van der Waals surface area contributed by atoms with Crippen molar-refractivity contribution in [3.05, 3.63) is 80.2 Å². The largest absolute Gasteiger partial charge is 0.483 e. The van der Waals surface area contributed by atoms with Crippen LogP contribution in [-0.4, -0.2) is 60.0 Å². The van der Waals surface area contributed by atoms with Crippen LogP contribution in [0.25, 0.3) is 5.69 Å². The first-order valence-corrected chi connectivity index (χ1v) is 15.1. The van der Waals surface area contributed by atoms with E-state index < -0.39 is 32.5 Å². The van der Waals surface area contributed by atoms with Gasteiger partial charge in [-0.3, -0.25) is 4.79 Å². The molecule has 3 aromatic rings. The van der Waals surface area contributed by atoms with Crippen LogP contribution in [0.1, 0.15) is 31.4 Å². The van der Waals surface area contributed by atoms with Gasteiger partial charge in [0.15, 0.2) is 0 Å². The van der Waals surface area contributed by atoms with E-state index in [4.69, 9.17) is 4.74 Å². The highest BCUT2D eigenvalue weighted by Gasteiger charge is 2.32. The summed E-state index contributed by atoms with van der Waals surface area (Å²) in [6.45, 7) is 4.47. The average Bonchev–Trinajstić information content (AvgIpc) is 2.89. The van der Waals surface area contributed by atoms with E-state index in [-0.39, 0.29) is 30.6 Å². The highest BCUT2D eigenvalue weighted by molar-refractivity contribution is 9.10. The number of aryl methyl sites for hydroxylation is 1. The zero-order valence-corrected chi connectivity index (χ0v) is 24.0. The SMILES string of the molecule is CC(C)S(=O)(=O)N1CCN(c2cnn(-c3cc(F)cc(F)c3)c(=O)c2OC2CCc3cc(Br)ccc3C2)CC1. The Labute approximate surface area is 234 Å². The summed E-state index contributed by atoms with van der Waals surface area (Å²) in [7, 11) is -3.41. The van der Waals surface area contributed by atoms with Crippen LogP contribution in [0.4, 0.5) is 14.5 Å². The summed E-state index contributed by atoms with van der Waals surface area (Å²) >= 11 is 3.50. The maximum Gasteiger partial charge on any atom is 0.316 e. The van der Waals surface area contributed by atoms with E-state index in [1.54, 1.807) is 13.8 Å². The molecule has 0 N–H and O–H groups in total. The molecule has 1 unspecified atom stereocenters. The van der Waals surface area contributed by atoms with Crippen LogP contribution in [-0.2, 0) is 22.9 Å². The number of fused-ring (bicyclic) bond motifs is 1. The van der Waals surface area contributed by atoms with Gasteiger partial charge in [0.25, 0.3) is 0 Å². The zero-order valence-electron chi connectivity index (χ0n) is 21.6. The van der Waals surface area contributed by atoms with Crippen LogP contribution in [0.2, 0.25) is 0 Å². The molecule has 5 rings (SSSR count). The molecule has 2 heterocycles. The van der Waals surface area contributed by atoms with Gasteiger partial charge in [-0.05, 0) is 62.1 Å². The lowest BCUT2D eigenvalue weighted by molar-refractivity contribution is 0.181. The molecule has 1 aliphatic carbocycles. The van der Waals surface area contributed by atoms with Gasteiger partial charge in [-0.25, -0.2) is 17.2 Å². The van der Waals surface area contributed by atoms with Crippen LogP contribution in [0.15, 0.2) is 51.9 Å². The molecule has 2 aromatic carbocycles. The topological polar surface area (TPSA) is 84.7 Å². The quantitative estimate of drug-likeness (QED) is 0.412. The Bertz CT molecular complexity index is 1540. The van der Waals surface area contributed by atoms with Gasteiger partial charge >= 0.3 is 5.56 Å². The van der Waals surface area contributed by atoms with Gasteiger partial charge < -0.3 is 9.64 Å². The van der Waals surface area contributed by atoms with E-state index in [0.29, 0.717) is 31.6 Å². The molecule has 208 valence electrons. The van der Waals surface area contributed by atoms with Gasteiger partial charge in [0.2, 0.25) is 15.8 Å². The molecule has 1 saturated heterocycles. The van der Waals surface area contributed by atoms with E-state index >= 15 is 0 Å². The van der Waals surface area contributed by atoms with E-state index in [2.05, 4.69) is 27.1 Å². The Morgan fingerprint density at radius 1 is 1.03 bits per heavy atom.